The van der Waals surface area contributed by atoms with Crippen LogP contribution in [0.15, 0.2) is 12.2 Å². The predicted molar refractivity (Wildman–Crippen MR) is 50.5 cm³/mol. The predicted octanol–water partition coefficient (Wildman–Crippen LogP) is 0.340. The zero-order chi connectivity index (χ0) is 10.1. The van der Waals surface area contributed by atoms with Crippen LogP contribution in [0.2, 0.25) is 0 Å². The first-order valence-corrected chi connectivity index (χ1v) is 4.17. The summed E-state index contributed by atoms with van der Waals surface area (Å²) in [6.45, 7) is 2.31. The number of methoxy groups -OCH3 is 1. The Labute approximate surface area is 78.9 Å². The second kappa shape index (κ2) is 7.76. The van der Waals surface area contributed by atoms with E-state index >= 15 is 0 Å². The lowest BCUT2D eigenvalue weighted by Gasteiger charge is -2.09. The average molecular weight is 187 g/mol. The van der Waals surface area contributed by atoms with Gasteiger partial charge in [0.25, 0.3) is 0 Å². The van der Waals surface area contributed by atoms with Crippen molar-refractivity contribution in [3.05, 3.63) is 12.2 Å². The van der Waals surface area contributed by atoms with Crippen LogP contribution in [0.5, 0.6) is 0 Å². The van der Waals surface area contributed by atoms with E-state index in [2.05, 4.69) is 5.32 Å². The minimum atomic E-state index is -0.266. The lowest BCUT2D eigenvalue weighted by Crippen LogP contribution is -2.27. The maximum absolute atomic E-state index is 10.4. The number of hydrogen-bond acceptors (Lipinski definition) is 4. The molecule has 0 radical (unpaired) electrons. The Kier molecular flexibility index (Phi) is 7.24. The fraction of sp³-hybridized carbons (Fsp3) is 0.667. The Morgan fingerprint density at radius 3 is 2.77 bits per heavy atom. The molecule has 13 heavy (non-hydrogen) atoms. The van der Waals surface area contributed by atoms with E-state index in [-0.39, 0.29) is 12.0 Å². The summed E-state index contributed by atoms with van der Waals surface area (Å²) in [6.07, 6.45) is 3.70. The molecule has 4 nitrogen and oxygen atoms in total. The van der Waals surface area contributed by atoms with E-state index < -0.39 is 0 Å². The molecule has 0 heterocycles. The molecule has 1 unspecified atom stereocenters. The largest absolute Gasteiger partial charge is 0.462 e. The van der Waals surface area contributed by atoms with E-state index in [4.69, 9.17) is 9.47 Å². The van der Waals surface area contributed by atoms with Crippen molar-refractivity contribution in [1.29, 1.82) is 0 Å². The third-order valence-corrected chi connectivity index (χ3v) is 1.47. The van der Waals surface area contributed by atoms with Crippen LogP contribution in [0, 0.1) is 0 Å². The zero-order valence-corrected chi connectivity index (χ0v) is 8.37. The van der Waals surface area contributed by atoms with Gasteiger partial charge in [0.15, 0.2) is 0 Å². The molecule has 0 fully saturated rings. The van der Waals surface area contributed by atoms with Crippen molar-refractivity contribution in [3.63, 3.8) is 0 Å². The van der Waals surface area contributed by atoms with Crippen LogP contribution in [0.3, 0.4) is 0 Å². The van der Waals surface area contributed by atoms with Crippen molar-refractivity contribution < 1.29 is 14.3 Å². The van der Waals surface area contributed by atoms with Gasteiger partial charge >= 0.3 is 5.97 Å². The molecule has 0 aromatic rings. The van der Waals surface area contributed by atoms with Gasteiger partial charge in [-0.1, -0.05) is 6.08 Å². The van der Waals surface area contributed by atoms with Crippen molar-refractivity contribution in [2.24, 2.45) is 0 Å². The van der Waals surface area contributed by atoms with Crippen LogP contribution < -0.4 is 5.32 Å². The number of hydrogen-bond donors (Lipinski definition) is 1. The van der Waals surface area contributed by atoms with Gasteiger partial charge in [-0.2, -0.15) is 0 Å². The van der Waals surface area contributed by atoms with Gasteiger partial charge in [-0.3, -0.25) is 4.79 Å². The molecule has 0 aliphatic rings. The van der Waals surface area contributed by atoms with Crippen LogP contribution in [0.1, 0.15) is 6.92 Å². The fourth-order valence-electron chi connectivity index (χ4n) is 0.800. The molecule has 0 rings (SSSR count). The topological polar surface area (TPSA) is 47.6 Å². The third-order valence-electron chi connectivity index (χ3n) is 1.47. The first-order chi connectivity index (χ1) is 6.20. The maximum Gasteiger partial charge on any atom is 0.302 e. The lowest BCUT2D eigenvalue weighted by atomic mass is 10.3. The number of likely N-dealkylation sites (N-methyl/N-ethyl adjacent to an activating group) is 1. The van der Waals surface area contributed by atoms with Gasteiger partial charge in [-0.25, -0.2) is 0 Å². The molecule has 76 valence electrons. The zero-order valence-electron chi connectivity index (χ0n) is 8.37. The number of carbonyl (C=O) groups excluding carboxylic acids is 1. The summed E-state index contributed by atoms with van der Waals surface area (Å²) in [5, 5.41) is 3.04. The molecular weight excluding hydrogens is 170 g/mol. The Bertz CT molecular complexity index is 168. The normalized spacial score (nSPS) is 13.2. The van der Waals surface area contributed by atoms with E-state index in [1.165, 1.54) is 6.92 Å². The molecule has 4 heteroatoms. The number of nitrogens with one attached hydrogen (secondary N) is 1. The lowest BCUT2D eigenvalue weighted by molar-refractivity contribution is -0.139. The molecule has 0 aliphatic carbocycles. The van der Waals surface area contributed by atoms with E-state index in [0.717, 1.165) is 0 Å². The highest BCUT2D eigenvalue weighted by Gasteiger charge is 1.98. The molecule has 0 aliphatic heterocycles. The van der Waals surface area contributed by atoms with Crippen LogP contribution in [-0.2, 0) is 14.3 Å². The molecule has 1 atom stereocenters. The molecule has 0 bridgehead atoms. The van der Waals surface area contributed by atoms with E-state index in [9.17, 15) is 4.79 Å². The Hall–Kier alpha value is -0.870. The number of carbonyl (C=O) groups is 1. The van der Waals surface area contributed by atoms with E-state index in [1.807, 2.05) is 13.1 Å². The molecule has 0 aromatic heterocycles. The second-order valence-electron chi connectivity index (χ2n) is 2.58. The number of esters is 1. The average Bonchev–Trinajstić information content (AvgIpc) is 2.10. The van der Waals surface area contributed by atoms with Crippen molar-refractivity contribution >= 4 is 5.97 Å². The van der Waals surface area contributed by atoms with Gasteiger partial charge in [0.1, 0.15) is 6.61 Å². The maximum atomic E-state index is 10.4. The van der Waals surface area contributed by atoms with Crippen molar-refractivity contribution in [2.45, 2.75) is 13.0 Å². The van der Waals surface area contributed by atoms with Gasteiger partial charge in [-0.15, -0.1) is 0 Å². The first kappa shape index (κ1) is 12.1. The minimum Gasteiger partial charge on any atom is -0.462 e. The van der Waals surface area contributed by atoms with Crippen LogP contribution in [0.4, 0.5) is 0 Å². The monoisotopic (exact) mass is 187 g/mol. The smallest absolute Gasteiger partial charge is 0.302 e. The first-order valence-electron chi connectivity index (χ1n) is 4.17. The van der Waals surface area contributed by atoms with Gasteiger partial charge in [0, 0.05) is 20.1 Å². The summed E-state index contributed by atoms with van der Waals surface area (Å²) < 4.78 is 9.67. The second-order valence-corrected chi connectivity index (χ2v) is 2.58. The summed E-state index contributed by atoms with van der Waals surface area (Å²) in [7, 11) is 3.49. The van der Waals surface area contributed by atoms with Crippen LogP contribution in [0.25, 0.3) is 0 Å². The molecule has 0 aromatic carbocycles. The standard InChI is InChI=1S/C9H17NO3/c1-8(11)13-6-4-5-9(10-2)7-12-3/h4-5,9-10H,6-7H2,1-3H3/b5-4+. The molecule has 0 amide bonds. The summed E-state index contributed by atoms with van der Waals surface area (Å²) in [5.74, 6) is -0.266. The highest BCUT2D eigenvalue weighted by atomic mass is 16.5. The van der Waals surface area contributed by atoms with Crippen molar-refractivity contribution in [1.82, 2.24) is 5.32 Å². The van der Waals surface area contributed by atoms with E-state index in [1.54, 1.807) is 13.2 Å². The molecule has 0 saturated carbocycles. The summed E-state index contributed by atoms with van der Waals surface area (Å²) in [4.78, 5) is 10.4. The Morgan fingerprint density at radius 1 is 1.62 bits per heavy atom. The Balaban J connectivity index is 3.60. The van der Waals surface area contributed by atoms with Gasteiger partial charge < -0.3 is 14.8 Å². The SMILES string of the molecule is CNC(/C=C/COC(C)=O)COC. The summed E-state index contributed by atoms with van der Waals surface area (Å²) in [6, 6.07) is 0.167. The van der Waals surface area contributed by atoms with Crippen molar-refractivity contribution in [2.75, 3.05) is 27.4 Å². The number of ether oxygens (including phenoxy) is 2. The summed E-state index contributed by atoms with van der Waals surface area (Å²) >= 11 is 0. The molecular formula is C9H17NO3. The van der Waals surface area contributed by atoms with Crippen LogP contribution >= 0.6 is 0 Å². The Morgan fingerprint density at radius 2 is 2.31 bits per heavy atom. The third kappa shape index (κ3) is 7.49. The van der Waals surface area contributed by atoms with E-state index in [0.29, 0.717) is 13.2 Å². The van der Waals surface area contributed by atoms with Gasteiger partial charge in [0.05, 0.1) is 6.61 Å². The van der Waals surface area contributed by atoms with Crippen LogP contribution in [-0.4, -0.2) is 39.4 Å². The quantitative estimate of drug-likeness (QED) is 0.481. The highest BCUT2D eigenvalue weighted by molar-refractivity contribution is 5.65. The highest BCUT2D eigenvalue weighted by Crippen LogP contribution is 1.87. The van der Waals surface area contributed by atoms with Gasteiger partial charge in [-0.05, 0) is 13.1 Å². The molecule has 1 N–H and O–H groups in total. The molecule has 0 spiro atoms. The number of rotatable bonds is 6. The summed E-state index contributed by atoms with van der Waals surface area (Å²) in [5.41, 5.74) is 0. The van der Waals surface area contributed by atoms with Gasteiger partial charge in [0.2, 0.25) is 0 Å². The van der Waals surface area contributed by atoms with Crippen molar-refractivity contribution in [3.8, 4) is 0 Å². The minimum absolute atomic E-state index is 0.167. The fourth-order valence-corrected chi connectivity index (χ4v) is 0.800. The molecule has 0 saturated heterocycles.